The van der Waals surface area contributed by atoms with Crippen molar-refractivity contribution < 1.29 is 17.6 Å². The number of carbonyl (C=O) groups excluding carboxylic acids is 1. The second-order valence-corrected chi connectivity index (χ2v) is 6.33. The van der Waals surface area contributed by atoms with Crippen LogP contribution in [0.25, 0.3) is 0 Å². The number of amides is 2. The molecule has 0 unspecified atom stereocenters. The SMILES string of the molecule is NC(=O)Nc1ccc(NS(=O)(=O)c2ccc(Cl)cc2F)cc1. The number of hydrogen-bond acceptors (Lipinski definition) is 3. The molecule has 2 rings (SSSR count). The van der Waals surface area contributed by atoms with Crippen LogP contribution in [0, 0.1) is 5.82 Å². The minimum Gasteiger partial charge on any atom is -0.351 e. The van der Waals surface area contributed by atoms with Crippen LogP contribution in [-0.2, 0) is 10.0 Å². The van der Waals surface area contributed by atoms with Gasteiger partial charge < -0.3 is 11.1 Å². The normalized spacial score (nSPS) is 11.0. The van der Waals surface area contributed by atoms with E-state index in [0.717, 1.165) is 12.1 Å². The van der Waals surface area contributed by atoms with Crippen molar-refractivity contribution in [1.82, 2.24) is 0 Å². The topological polar surface area (TPSA) is 101 Å². The Kier molecular flexibility index (Phi) is 4.53. The maximum atomic E-state index is 13.7. The van der Waals surface area contributed by atoms with Crippen LogP contribution in [0.2, 0.25) is 5.02 Å². The summed E-state index contributed by atoms with van der Waals surface area (Å²) >= 11 is 5.59. The summed E-state index contributed by atoms with van der Waals surface area (Å²) in [7, 11) is -4.09. The quantitative estimate of drug-likeness (QED) is 0.795. The molecule has 4 N–H and O–H groups in total. The molecule has 22 heavy (non-hydrogen) atoms. The van der Waals surface area contributed by atoms with Crippen molar-refractivity contribution in [2.45, 2.75) is 4.90 Å². The van der Waals surface area contributed by atoms with Crippen LogP contribution in [0.15, 0.2) is 47.4 Å². The summed E-state index contributed by atoms with van der Waals surface area (Å²) in [4.78, 5) is 10.2. The highest BCUT2D eigenvalue weighted by molar-refractivity contribution is 7.92. The zero-order valence-electron chi connectivity index (χ0n) is 11.0. The number of urea groups is 1. The van der Waals surface area contributed by atoms with Gasteiger partial charge in [-0.15, -0.1) is 0 Å². The van der Waals surface area contributed by atoms with Gasteiger partial charge in [0.1, 0.15) is 10.7 Å². The molecule has 0 bridgehead atoms. The Morgan fingerprint density at radius 2 is 1.68 bits per heavy atom. The van der Waals surface area contributed by atoms with Gasteiger partial charge in [0.05, 0.1) is 0 Å². The molecule has 0 aliphatic rings. The molecule has 0 atom stereocenters. The van der Waals surface area contributed by atoms with Crippen LogP contribution in [-0.4, -0.2) is 14.4 Å². The Morgan fingerprint density at radius 3 is 2.23 bits per heavy atom. The summed E-state index contributed by atoms with van der Waals surface area (Å²) < 4.78 is 40.1. The van der Waals surface area contributed by atoms with Crippen molar-refractivity contribution in [1.29, 1.82) is 0 Å². The Labute approximate surface area is 131 Å². The van der Waals surface area contributed by atoms with Crippen molar-refractivity contribution in [2.24, 2.45) is 5.73 Å². The molecule has 0 saturated heterocycles. The maximum Gasteiger partial charge on any atom is 0.316 e. The van der Waals surface area contributed by atoms with Gasteiger partial charge in [0.15, 0.2) is 0 Å². The molecule has 0 saturated carbocycles. The molecule has 0 aliphatic carbocycles. The molecule has 2 aromatic carbocycles. The molecule has 0 aromatic heterocycles. The van der Waals surface area contributed by atoms with Gasteiger partial charge in [0.25, 0.3) is 10.0 Å². The van der Waals surface area contributed by atoms with E-state index in [-0.39, 0.29) is 10.7 Å². The number of primary amides is 1. The van der Waals surface area contributed by atoms with Crippen LogP contribution in [0.3, 0.4) is 0 Å². The fourth-order valence-corrected chi connectivity index (χ4v) is 2.95. The third-order valence-corrected chi connectivity index (χ3v) is 4.24. The van der Waals surface area contributed by atoms with Crippen molar-refractivity contribution in [3.63, 3.8) is 0 Å². The number of nitrogens with one attached hydrogen (secondary N) is 2. The molecule has 0 radical (unpaired) electrons. The first-order valence-electron chi connectivity index (χ1n) is 5.92. The van der Waals surface area contributed by atoms with E-state index < -0.39 is 26.8 Å². The Balaban J connectivity index is 2.23. The lowest BCUT2D eigenvalue weighted by atomic mass is 10.3. The van der Waals surface area contributed by atoms with Crippen LogP contribution >= 0.6 is 11.6 Å². The van der Waals surface area contributed by atoms with E-state index in [2.05, 4.69) is 10.0 Å². The predicted molar refractivity (Wildman–Crippen MR) is 81.9 cm³/mol. The van der Waals surface area contributed by atoms with Crippen molar-refractivity contribution >= 4 is 39.0 Å². The first kappa shape index (κ1) is 16.1. The third-order valence-electron chi connectivity index (χ3n) is 2.59. The zero-order valence-corrected chi connectivity index (χ0v) is 12.6. The molecular formula is C13H11ClFN3O3S. The Bertz CT molecular complexity index is 810. The molecule has 6 nitrogen and oxygen atoms in total. The first-order chi connectivity index (χ1) is 10.3. The summed E-state index contributed by atoms with van der Waals surface area (Å²) in [5.41, 5.74) is 5.55. The number of halogens is 2. The van der Waals surface area contributed by atoms with E-state index in [1.165, 1.54) is 30.3 Å². The smallest absolute Gasteiger partial charge is 0.316 e. The fourth-order valence-electron chi connectivity index (χ4n) is 1.67. The molecule has 2 amide bonds. The highest BCUT2D eigenvalue weighted by Crippen LogP contribution is 2.22. The van der Waals surface area contributed by atoms with Gasteiger partial charge in [-0.2, -0.15) is 0 Å². The largest absolute Gasteiger partial charge is 0.351 e. The lowest BCUT2D eigenvalue weighted by molar-refractivity contribution is 0.259. The summed E-state index contributed by atoms with van der Waals surface area (Å²) in [5.74, 6) is -0.952. The van der Waals surface area contributed by atoms with Gasteiger partial charge in [-0.05, 0) is 42.5 Å². The van der Waals surface area contributed by atoms with Gasteiger partial charge in [0.2, 0.25) is 0 Å². The van der Waals surface area contributed by atoms with Crippen LogP contribution in [0.5, 0.6) is 0 Å². The lowest BCUT2D eigenvalue weighted by Gasteiger charge is -2.10. The zero-order chi connectivity index (χ0) is 16.3. The summed E-state index contributed by atoms with van der Waals surface area (Å²) in [5, 5.41) is 2.42. The standard InChI is InChI=1S/C13H11ClFN3O3S/c14-8-1-6-12(11(15)7-8)22(20,21)18-10-4-2-9(3-5-10)17-13(16)19/h1-7,18H,(H3,16,17,19). The lowest BCUT2D eigenvalue weighted by Crippen LogP contribution is -2.19. The number of anilines is 2. The molecule has 2 aromatic rings. The molecular weight excluding hydrogens is 333 g/mol. The van der Waals surface area contributed by atoms with E-state index >= 15 is 0 Å². The Morgan fingerprint density at radius 1 is 1.09 bits per heavy atom. The van der Waals surface area contributed by atoms with Gasteiger partial charge >= 0.3 is 6.03 Å². The summed E-state index contributed by atoms with van der Waals surface area (Å²) in [6.45, 7) is 0. The van der Waals surface area contributed by atoms with Gasteiger partial charge in [0, 0.05) is 16.4 Å². The first-order valence-corrected chi connectivity index (χ1v) is 7.78. The monoisotopic (exact) mass is 343 g/mol. The number of carbonyl (C=O) groups is 1. The maximum absolute atomic E-state index is 13.7. The van der Waals surface area contributed by atoms with Gasteiger partial charge in [-0.25, -0.2) is 17.6 Å². The van der Waals surface area contributed by atoms with E-state index in [9.17, 15) is 17.6 Å². The Hall–Kier alpha value is -2.32. The molecule has 0 aliphatic heterocycles. The van der Waals surface area contributed by atoms with Crippen LogP contribution in [0.1, 0.15) is 0 Å². The highest BCUT2D eigenvalue weighted by Gasteiger charge is 2.19. The van der Waals surface area contributed by atoms with Gasteiger partial charge in [-0.1, -0.05) is 11.6 Å². The molecule has 9 heteroatoms. The van der Waals surface area contributed by atoms with Crippen molar-refractivity contribution in [3.05, 3.63) is 53.3 Å². The average molecular weight is 344 g/mol. The summed E-state index contributed by atoms with van der Waals surface area (Å²) in [6, 6.07) is 8.21. The van der Waals surface area contributed by atoms with E-state index in [4.69, 9.17) is 17.3 Å². The number of rotatable bonds is 4. The third kappa shape index (κ3) is 3.86. The van der Waals surface area contributed by atoms with Crippen molar-refractivity contribution in [2.75, 3.05) is 10.0 Å². The minimum atomic E-state index is -4.09. The fraction of sp³-hybridized carbons (Fsp3) is 0. The highest BCUT2D eigenvalue weighted by atomic mass is 35.5. The number of sulfonamides is 1. The van der Waals surface area contributed by atoms with Crippen LogP contribution in [0.4, 0.5) is 20.6 Å². The molecule has 116 valence electrons. The van der Waals surface area contributed by atoms with E-state index in [1.807, 2.05) is 0 Å². The number of hydrogen-bond donors (Lipinski definition) is 3. The number of nitrogens with two attached hydrogens (primary N) is 1. The second-order valence-electron chi connectivity index (χ2n) is 4.25. The van der Waals surface area contributed by atoms with Crippen molar-refractivity contribution in [3.8, 4) is 0 Å². The minimum absolute atomic E-state index is 0.0957. The van der Waals surface area contributed by atoms with E-state index in [0.29, 0.717) is 5.69 Å². The van der Waals surface area contributed by atoms with Crippen LogP contribution < -0.4 is 15.8 Å². The predicted octanol–water partition coefficient (Wildman–Crippen LogP) is 2.77. The summed E-state index contributed by atoms with van der Waals surface area (Å²) in [6.07, 6.45) is 0. The molecule has 0 spiro atoms. The number of benzene rings is 2. The molecule has 0 fully saturated rings. The van der Waals surface area contributed by atoms with E-state index in [1.54, 1.807) is 0 Å². The average Bonchev–Trinajstić information content (AvgIpc) is 2.39. The molecule has 0 heterocycles. The second kappa shape index (κ2) is 6.20. The van der Waals surface area contributed by atoms with Gasteiger partial charge in [-0.3, -0.25) is 4.72 Å².